The van der Waals surface area contributed by atoms with E-state index in [4.69, 9.17) is 40.2 Å². The van der Waals surface area contributed by atoms with Crippen LogP contribution in [0.25, 0.3) is 0 Å². The molecule has 0 aliphatic carbocycles. The fraction of sp³-hybridized carbons (Fsp3) is 0.522. The Kier molecular flexibility index (Phi) is 7.71. The number of halogens is 2. The quantitative estimate of drug-likeness (QED) is 0.438. The Labute approximate surface area is 205 Å². The van der Waals surface area contributed by atoms with Crippen molar-refractivity contribution >= 4 is 52.3 Å². The zero-order valence-electron chi connectivity index (χ0n) is 18.2. The summed E-state index contributed by atoms with van der Waals surface area (Å²) in [7, 11) is 0. The summed E-state index contributed by atoms with van der Waals surface area (Å²) in [6, 6.07) is 10.3. The van der Waals surface area contributed by atoms with Gasteiger partial charge in [0.05, 0.1) is 0 Å². The molecule has 0 unspecified atom stereocenters. The van der Waals surface area contributed by atoms with Gasteiger partial charge in [0, 0.05) is 48.8 Å². The van der Waals surface area contributed by atoms with Crippen molar-refractivity contribution in [1.82, 2.24) is 15.3 Å². The number of anilines is 2. The minimum Gasteiger partial charge on any atom is -0.381 e. The maximum atomic E-state index is 6.31. The van der Waals surface area contributed by atoms with Gasteiger partial charge in [0.2, 0.25) is 5.95 Å². The zero-order valence-corrected chi connectivity index (χ0v) is 20.6. The summed E-state index contributed by atoms with van der Waals surface area (Å²) in [6.07, 6.45) is 5.38. The number of nitrogens with one attached hydrogen (secondary N) is 2. The van der Waals surface area contributed by atoms with Crippen molar-refractivity contribution in [2.45, 2.75) is 50.5 Å². The lowest BCUT2D eigenvalue weighted by atomic mass is 9.74. The van der Waals surface area contributed by atoms with E-state index in [0.29, 0.717) is 28.8 Å². The lowest BCUT2D eigenvalue weighted by Crippen LogP contribution is -2.45. The smallest absolute Gasteiger partial charge is 0.232 e. The second-order valence-electron chi connectivity index (χ2n) is 8.62. The number of nitrogens with zero attached hydrogens (tertiary/aromatic N) is 3. The third-order valence-electron chi connectivity index (χ3n) is 6.50. The third kappa shape index (κ3) is 5.63. The molecule has 2 saturated heterocycles. The molecule has 2 N–H and O–H groups in total. The molecule has 9 heteroatoms. The number of thiocarbonyl (C=S) groups is 1. The van der Waals surface area contributed by atoms with E-state index in [2.05, 4.69) is 44.6 Å². The van der Waals surface area contributed by atoms with Crippen molar-refractivity contribution in [3.63, 3.8) is 0 Å². The van der Waals surface area contributed by atoms with E-state index in [-0.39, 0.29) is 5.41 Å². The van der Waals surface area contributed by atoms with Gasteiger partial charge in [0.25, 0.3) is 0 Å². The van der Waals surface area contributed by atoms with Crippen LogP contribution in [0.5, 0.6) is 0 Å². The number of piperidine rings is 1. The molecule has 1 aromatic heterocycles. The molecule has 0 spiro atoms. The van der Waals surface area contributed by atoms with Crippen molar-refractivity contribution in [2.75, 3.05) is 36.5 Å². The number of aromatic nitrogens is 2. The first-order valence-corrected chi connectivity index (χ1v) is 12.3. The van der Waals surface area contributed by atoms with Gasteiger partial charge in [-0.1, -0.05) is 35.3 Å². The lowest BCUT2D eigenvalue weighted by molar-refractivity contribution is 0.0515. The van der Waals surface area contributed by atoms with Gasteiger partial charge in [-0.2, -0.15) is 4.98 Å². The molecular weight excluding hydrogens is 465 g/mol. The van der Waals surface area contributed by atoms with E-state index in [1.807, 2.05) is 18.2 Å². The van der Waals surface area contributed by atoms with Gasteiger partial charge >= 0.3 is 0 Å². The van der Waals surface area contributed by atoms with E-state index in [0.717, 1.165) is 56.3 Å². The van der Waals surface area contributed by atoms with Crippen LogP contribution in [0.3, 0.4) is 0 Å². The Morgan fingerprint density at radius 2 is 1.94 bits per heavy atom. The normalized spacial score (nSPS) is 20.6. The fourth-order valence-electron chi connectivity index (χ4n) is 4.58. The largest absolute Gasteiger partial charge is 0.381 e. The first-order valence-electron chi connectivity index (χ1n) is 11.2. The van der Waals surface area contributed by atoms with Gasteiger partial charge < -0.3 is 20.3 Å². The molecule has 2 aliphatic rings. The Morgan fingerprint density at radius 3 is 2.66 bits per heavy atom. The van der Waals surface area contributed by atoms with E-state index >= 15 is 0 Å². The molecule has 2 aromatic rings. The summed E-state index contributed by atoms with van der Waals surface area (Å²) in [5.74, 6) is 1.25. The Bertz CT molecular complexity index is 936. The molecule has 3 heterocycles. The molecule has 2 aliphatic heterocycles. The number of rotatable bonds is 5. The van der Waals surface area contributed by atoms with E-state index in [1.165, 1.54) is 12.0 Å². The molecule has 4 rings (SSSR count). The van der Waals surface area contributed by atoms with E-state index < -0.39 is 0 Å². The minimum absolute atomic E-state index is 0.0713. The number of benzene rings is 1. The predicted octanol–water partition coefficient (Wildman–Crippen LogP) is 5.20. The second-order valence-corrected chi connectivity index (χ2v) is 9.85. The third-order valence-corrected chi connectivity index (χ3v) is 7.19. The van der Waals surface area contributed by atoms with Crippen LogP contribution in [-0.4, -0.2) is 47.4 Å². The van der Waals surface area contributed by atoms with Crippen molar-refractivity contribution in [3.05, 3.63) is 46.1 Å². The maximum absolute atomic E-state index is 6.31. The molecule has 0 amide bonds. The Morgan fingerprint density at radius 1 is 1.19 bits per heavy atom. The molecule has 6 nitrogen and oxygen atoms in total. The van der Waals surface area contributed by atoms with Crippen LogP contribution in [0.2, 0.25) is 10.2 Å². The SMILES string of the molecule is C[C@H]1CCCCN1c1cc(Cl)nc(NC(=S)NCC2(c3ccc(Cl)cc3)CCOCC2)n1. The Hall–Kier alpha value is -1.67. The van der Waals surface area contributed by atoms with Crippen LogP contribution in [-0.2, 0) is 10.2 Å². The number of hydrogen-bond donors (Lipinski definition) is 2. The van der Waals surface area contributed by atoms with Crippen molar-refractivity contribution in [3.8, 4) is 0 Å². The average molecular weight is 494 g/mol. The van der Waals surface area contributed by atoms with Crippen LogP contribution in [0.4, 0.5) is 11.8 Å². The topological polar surface area (TPSA) is 62.3 Å². The highest BCUT2D eigenvalue weighted by molar-refractivity contribution is 7.80. The molecule has 2 fully saturated rings. The Balaban J connectivity index is 1.44. The van der Waals surface area contributed by atoms with Crippen LogP contribution in [0.15, 0.2) is 30.3 Å². The molecule has 1 atom stereocenters. The average Bonchev–Trinajstić information content (AvgIpc) is 2.79. The van der Waals surface area contributed by atoms with Crippen LogP contribution >= 0.6 is 35.4 Å². The highest BCUT2D eigenvalue weighted by Crippen LogP contribution is 2.35. The first-order chi connectivity index (χ1) is 15.4. The lowest BCUT2D eigenvalue weighted by Gasteiger charge is -2.38. The molecule has 32 heavy (non-hydrogen) atoms. The van der Waals surface area contributed by atoms with E-state index in [1.54, 1.807) is 0 Å². The van der Waals surface area contributed by atoms with Crippen molar-refractivity contribution in [1.29, 1.82) is 0 Å². The summed E-state index contributed by atoms with van der Waals surface area (Å²) < 4.78 is 5.62. The van der Waals surface area contributed by atoms with Crippen LogP contribution in [0, 0.1) is 0 Å². The van der Waals surface area contributed by atoms with Gasteiger partial charge in [-0.3, -0.25) is 0 Å². The molecule has 0 saturated carbocycles. The number of ether oxygens (including phenoxy) is 1. The van der Waals surface area contributed by atoms with Crippen LogP contribution < -0.4 is 15.5 Å². The summed E-state index contributed by atoms with van der Waals surface area (Å²) >= 11 is 18.0. The van der Waals surface area contributed by atoms with E-state index in [9.17, 15) is 0 Å². The summed E-state index contributed by atoms with van der Waals surface area (Å²) in [5, 5.41) is 8.12. The first kappa shape index (κ1) is 23.5. The molecular formula is C23H29Cl2N5OS. The standard InChI is InChI=1S/C23H29Cl2N5OS/c1-16-4-2-3-11-30(16)20-14-19(25)27-21(28-20)29-22(32)26-15-23(9-12-31-13-10-23)17-5-7-18(24)8-6-17/h5-8,14,16H,2-4,9-13,15H2,1H3,(H2,26,27,28,29,32)/t16-/m0/s1. The van der Waals surface area contributed by atoms with Crippen molar-refractivity contribution in [2.24, 2.45) is 0 Å². The predicted molar refractivity (Wildman–Crippen MR) is 135 cm³/mol. The van der Waals surface area contributed by atoms with Gasteiger partial charge in [-0.15, -0.1) is 0 Å². The van der Waals surface area contributed by atoms with Gasteiger partial charge in [0.15, 0.2) is 5.11 Å². The van der Waals surface area contributed by atoms with Crippen molar-refractivity contribution < 1.29 is 4.74 Å². The molecule has 0 bridgehead atoms. The highest BCUT2D eigenvalue weighted by atomic mass is 35.5. The summed E-state index contributed by atoms with van der Waals surface area (Å²) in [5.41, 5.74) is 1.17. The second kappa shape index (κ2) is 10.5. The summed E-state index contributed by atoms with van der Waals surface area (Å²) in [4.78, 5) is 11.3. The maximum Gasteiger partial charge on any atom is 0.232 e. The van der Waals surface area contributed by atoms with Crippen LogP contribution in [0.1, 0.15) is 44.6 Å². The highest BCUT2D eigenvalue weighted by Gasteiger charge is 2.34. The number of hydrogen-bond acceptors (Lipinski definition) is 5. The zero-order chi connectivity index (χ0) is 22.6. The monoisotopic (exact) mass is 493 g/mol. The van der Waals surface area contributed by atoms with Gasteiger partial charge in [-0.05, 0) is 68.9 Å². The van der Waals surface area contributed by atoms with Gasteiger partial charge in [0.1, 0.15) is 11.0 Å². The molecule has 0 radical (unpaired) electrons. The van der Waals surface area contributed by atoms with Gasteiger partial charge in [-0.25, -0.2) is 4.98 Å². The molecule has 172 valence electrons. The summed E-state index contributed by atoms with van der Waals surface area (Å²) in [6.45, 7) is 5.32. The minimum atomic E-state index is -0.0713. The molecule has 1 aromatic carbocycles. The fourth-order valence-corrected chi connectivity index (χ4v) is 5.04.